The Labute approximate surface area is 118 Å². The molecule has 0 saturated carbocycles. The fraction of sp³-hybridized carbons (Fsp3) is 0.462. The van der Waals surface area contributed by atoms with Gasteiger partial charge in [-0.05, 0) is 31.5 Å². The van der Waals surface area contributed by atoms with Gasteiger partial charge in [0.1, 0.15) is 0 Å². The molecule has 1 saturated heterocycles. The van der Waals surface area contributed by atoms with E-state index in [0.717, 1.165) is 12.5 Å². The predicted octanol–water partition coefficient (Wildman–Crippen LogP) is 3.67. The van der Waals surface area contributed by atoms with Crippen molar-refractivity contribution in [3.8, 4) is 0 Å². The van der Waals surface area contributed by atoms with Crippen molar-refractivity contribution < 1.29 is 27.8 Å². The van der Waals surface area contributed by atoms with Gasteiger partial charge in [-0.1, -0.05) is 0 Å². The van der Waals surface area contributed by atoms with E-state index in [9.17, 15) is 18.0 Å². The van der Waals surface area contributed by atoms with Gasteiger partial charge in [-0.2, -0.15) is 13.2 Å². The standard InChI is InChI=1S/C13H13F3O3S/c1-7-10(4-5-19-7)20-11-3-2-8(13(14,15)16)6-9(11)12(17)18/h2-3,6-7,10H,4-5H2,1H3,(H,17,18). The van der Waals surface area contributed by atoms with Crippen LogP contribution in [0.5, 0.6) is 0 Å². The summed E-state index contributed by atoms with van der Waals surface area (Å²) in [5.41, 5.74) is -1.26. The molecule has 0 bridgehead atoms. The largest absolute Gasteiger partial charge is 0.478 e. The Bertz CT molecular complexity index is 516. The number of carbonyl (C=O) groups is 1. The summed E-state index contributed by atoms with van der Waals surface area (Å²) in [6, 6.07) is 2.82. The minimum Gasteiger partial charge on any atom is -0.478 e. The number of aromatic carboxylic acids is 1. The molecular formula is C13H13F3O3S. The average molecular weight is 306 g/mol. The SMILES string of the molecule is CC1OCCC1Sc1ccc(C(F)(F)F)cc1C(=O)O. The molecule has 0 radical (unpaired) electrons. The highest BCUT2D eigenvalue weighted by Gasteiger charge is 2.33. The van der Waals surface area contributed by atoms with Gasteiger partial charge in [0.15, 0.2) is 0 Å². The third kappa shape index (κ3) is 3.27. The van der Waals surface area contributed by atoms with Crippen molar-refractivity contribution in [2.24, 2.45) is 0 Å². The summed E-state index contributed by atoms with van der Waals surface area (Å²) in [7, 11) is 0. The molecule has 0 aromatic heterocycles. The van der Waals surface area contributed by atoms with Crippen LogP contribution < -0.4 is 0 Å². The van der Waals surface area contributed by atoms with E-state index in [2.05, 4.69) is 0 Å². The number of alkyl halides is 3. The lowest BCUT2D eigenvalue weighted by Gasteiger charge is -2.16. The van der Waals surface area contributed by atoms with Crippen LogP contribution in [0.15, 0.2) is 23.1 Å². The highest BCUT2D eigenvalue weighted by molar-refractivity contribution is 8.00. The summed E-state index contributed by atoms with van der Waals surface area (Å²) >= 11 is 1.26. The number of rotatable bonds is 3. The van der Waals surface area contributed by atoms with E-state index in [1.165, 1.54) is 17.8 Å². The number of halogens is 3. The van der Waals surface area contributed by atoms with Crippen LogP contribution in [0, 0.1) is 0 Å². The summed E-state index contributed by atoms with van der Waals surface area (Å²) in [5.74, 6) is -1.36. The zero-order chi connectivity index (χ0) is 14.9. The third-order valence-electron chi connectivity index (χ3n) is 3.12. The van der Waals surface area contributed by atoms with Crippen LogP contribution in [0.1, 0.15) is 29.3 Å². The number of carboxylic acid groups (broad SMARTS) is 1. The Morgan fingerprint density at radius 2 is 2.15 bits per heavy atom. The normalized spacial score (nSPS) is 23.0. The number of benzene rings is 1. The first-order valence-corrected chi connectivity index (χ1v) is 6.90. The molecule has 1 aliphatic heterocycles. The summed E-state index contributed by atoms with van der Waals surface area (Å²) in [5, 5.41) is 9.14. The van der Waals surface area contributed by atoms with Crippen LogP contribution >= 0.6 is 11.8 Å². The Kier molecular flexibility index (Phi) is 4.29. The van der Waals surface area contributed by atoms with Gasteiger partial charge in [0.2, 0.25) is 0 Å². The highest BCUT2D eigenvalue weighted by Crippen LogP contribution is 2.37. The molecule has 1 aliphatic rings. The van der Waals surface area contributed by atoms with Gasteiger partial charge in [-0.3, -0.25) is 0 Å². The second-order valence-electron chi connectivity index (χ2n) is 4.53. The molecule has 3 nitrogen and oxygen atoms in total. The lowest BCUT2D eigenvalue weighted by atomic mass is 10.1. The molecule has 20 heavy (non-hydrogen) atoms. The van der Waals surface area contributed by atoms with E-state index in [4.69, 9.17) is 9.84 Å². The van der Waals surface area contributed by atoms with Gasteiger partial charge in [0.05, 0.1) is 17.2 Å². The first-order chi connectivity index (χ1) is 9.29. The first-order valence-electron chi connectivity index (χ1n) is 6.02. The lowest BCUT2D eigenvalue weighted by molar-refractivity contribution is -0.137. The molecule has 0 aliphatic carbocycles. The minimum absolute atomic E-state index is 0.0380. The predicted molar refractivity (Wildman–Crippen MR) is 68.1 cm³/mol. The van der Waals surface area contributed by atoms with Gasteiger partial charge >= 0.3 is 12.1 Å². The molecule has 1 fully saturated rings. The maximum Gasteiger partial charge on any atom is 0.416 e. The Hall–Kier alpha value is -1.21. The fourth-order valence-corrected chi connectivity index (χ4v) is 3.24. The van der Waals surface area contributed by atoms with Crippen molar-refractivity contribution >= 4 is 17.7 Å². The summed E-state index contributed by atoms with van der Waals surface area (Å²) in [6.45, 7) is 2.46. The van der Waals surface area contributed by atoms with Crippen LogP contribution in [-0.4, -0.2) is 29.0 Å². The maximum absolute atomic E-state index is 12.6. The second kappa shape index (κ2) is 5.65. The Balaban J connectivity index is 2.31. The van der Waals surface area contributed by atoms with Gasteiger partial charge in [-0.25, -0.2) is 4.79 Å². The zero-order valence-electron chi connectivity index (χ0n) is 10.6. The van der Waals surface area contributed by atoms with Crippen LogP contribution in [0.25, 0.3) is 0 Å². The van der Waals surface area contributed by atoms with Gasteiger partial charge < -0.3 is 9.84 Å². The van der Waals surface area contributed by atoms with E-state index in [-0.39, 0.29) is 16.9 Å². The minimum atomic E-state index is -4.54. The summed E-state index contributed by atoms with van der Waals surface area (Å²) in [4.78, 5) is 11.5. The number of carboxylic acids is 1. The van der Waals surface area contributed by atoms with Crippen molar-refractivity contribution in [2.75, 3.05) is 6.61 Å². The topological polar surface area (TPSA) is 46.5 Å². The van der Waals surface area contributed by atoms with Crippen molar-refractivity contribution in [2.45, 2.75) is 35.8 Å². The molecule has 110 valence electrons. The third-order valence-corrected chi connectivity index (χ3v) is 4.65. The Morgan fingerprint density at radius 1 is 1.45 bits per heavy atom. The zero-order valence-corrected chi connectivity index (χ0v) is 11.4. The van der Waals surface area contributed by atoms with Crippen LogP contribution in [-0.2, 0) is 10.9 Å². The lowest BCUT2D eigenvalue weighted by Crippen LogP contribution is -2.14. The maximum atomic E-state index is 12.6. The summed E-state index contributed by atoms with van der Waals surface area (Å²) < 4.78 is 43.2. The molecule has 1 aromatic carbocycles. The molecule has 7 heteroatoms. The van der Waals surface area contributed by atoms with Gasteiger partial charge in [-0.15, -0.1) is 11.8 Å². The van der Waals surface area contributed by atoms with Crippen molar-refractivity contribution in [3.63, 3.8) is 0 Å². The van der Waals surface area contributed by atoms with Crippen LogP contribution in [0.2, 0.25) is 0 Å². The van der Waals surface area contributed by atoms with Crippen molar-refractivity contribution in [3.05, 3.63) is 29.3 Å². The first kappa shape index (κ1) is 15.2. The van der Waals surface area contributed by atoms with E-state index in [0.29, 0.717) is 17.6 Å². The quantitative estimate of drug-likeness (QED) is 0.925. The van der Waals surface area contributed by atoms with Gasteiger partial charge in [0.25, 0.3) is 0 Å². The highest BCUT2D eigenvalue weighted by atomic mass is 32.2. The van der Waals surface area contributed by atoms with Crippen LogP contribution in [0.3, 0.4) is 0 Å². The number of thioether (sulfide) groups is 1. The number of hydrogen-bond acceptors (Lipinski definition) is 3. The van der Waals surface area contributed by atoms with Crippen LogP contribution in [0.4, 0.5) is 13.2 Å². The van der Waals surface area contributed by atoms with E-state index < -0.39 is 17.7 Å². The van der Waals surface area contributed by atoms with E-state index in [1.54, 1.807) is 0 Å². The number of hydrogen-bond donors (Lipinski definition) is 1. The van der Waals surface area contributed by atoms with E-state index in [1.807, 2.05) is 6.92 Å². The molecule has 1 heterocycles. The average Bonchev–Trinajstić information content (AvgIpc) is 2.74. The molecule has 1 N–H and O–H groups in total. The second-order valence-corrected chi connectivity index (χ2v) is 5.82. The smallest absolute Gasteiger partial charge is 0.416 e. The molecule has 2 atom stereocenters. The molecule has 2 unspecified atom stereocenters. The molecule has 0 spiro atoms. The molecule has 0 amide bonds. The Morgan fingerprint density at radius 3 is 2.65 bits per heavy atom. The van der Waals surface area contributed by atoms with E-state index >= 15 is 0 Å². The van der Waals surface area contributed by atoms with Crippen molar-refractivity contribution in [1.82, 2.24) is 0 Å². The fourth-order valence-electron chi connectivity index (χ4n) is 2.01. The van der Waals surface area contributed by atoms with Crippen molar-refractivity contribution in [1.29, 1.82) is 0 Å². The molecule has 1 aromatic rings. The summed E-state index contributed by atoms with van der Waals surface area (Å²) in [6.07, 6.45) is -3.83. The molecule has 2 rings (SSSR count). The molecular weight excluding hydrogens is 293 g/mol. The monoisotopic (exact) mass is 306 g/mol. The number of ether oxygens (including phenoxy) is 1. The van der Waals surface area contributed by atoms with Gasteiger partial charge in [0, 0.05) is 16.8 Å².